The Morgan fingerprint density at radius 1 is 1.31 bits per heavy atom. The molecule has 0 aliphatic carbocycles. The Kier molecular flexibility index (Phi) is 5.68. The molecule has 146 valence electrons. The van der Waals surface area contributed by atoms with Crippen molar-refractivity contribution >= 4 is 44.4 Å². The number of rotatable bonds is 7. The van der Waals surface area contributed by atoms with Crippen LogP contribution in [0.4, 0.5) is 5.13 Å². The van der Waals surface area contributed by atoms with Crippen LogP contribution in [0.3, 0.4) is 0 Å². The van der Waals surface area contributed by atoms with Crippen molar-refractivity contribution in [2.75, 3.05) is 11.1 Å². The molecule has 4 rings (SSSR count). The van der Waals surface area contributed by atoms with Crippen LogP contribution in [0.25, 0.3) is 21.6 Å². The van der Waals surface area contributed by atoms with Gasteiger partial charge in [-0.2, -0.15) is 0 Å². The predicted molar refractivity (Wildman–Crippen MR) is 117 cm³/mol. The Morgan fingerprint density at radius 3 is 2.97 bits per heavy atom. The number of nitrogens with one attached hydrogen (secondary N) is 1. The molecule has 0 radical (unpaired) electrons. The van der Waals surface area contributed by atoms with Crippen LogP contribution < -0.4 is 5.32 Å². The number of thioether (sulfide) groups is 1. The van der Waals surface area contributed by atoms with Gasteiger partial charge in [-0.15, -0.1) is 16.8 Å². The highest BCUT2D eigenvalue weighted by molar-refractivity contribution is 7.99. The summed E-state index contributed by atoms with van der Waals surface area (Å²) in [6.45, 7) is 6.35. The van der Waals surface area contributed by atoms with Gasteiger partial charge in [0.2, 0.25) is 5.91 Å². The van der Waals surface area contributed by atoms with Gasteiger partial charge in [-0.1, -0.05) is 41.3 Å². The molecule has 0 atom stereocenters. The van der Waals surface area contributed by atoms with Gasteiger partial charge in [-0.3, -0.25) is 14.3 Å². The smallest absolute Gasteiger partial charge is 0.236 e. The number of fused-ring (bicyclic) bond motifs is 1. The molecular weight excluding hydrogens is 404 g/mol. The maximum atomic E-state index is 12.4. The SMILES string of the molecule is C=CCn1c(SCC(=O)Nc2nc3c(C)cccc3s2)nnc1-c1cccnc1. The number of benzene rings is 1. The molecule has 1 amide bonds. The first-order valence-electron chi connectivity index (χ1n) is 8.89. The number of aryl methyl sites for hydroxylation is 1. The van der Waals surface area contributed by atoms with Gasteiger partial charge in [-0.05, 0) is 30.7 Å². The van der Waals surface area contributed by atoms with Crippen molar-refractivity contribution in [3.63, 3.8) is 0 Å². The molecular formula is C20H18N6OS2. The average molecular weight is 423 g/mol. The van der Waals surface area contributed by atoms with E-state index in [0.717, 1.165) is 21.3 Å². The molecule has 0 aliphatic rings. The second-order valence-corrected chi connectivity index (χ2v) is 8.20. The number of hydrogen-bond donors (Lipinski definition) is 1. The van der Waals surface area contributed by atoms with Gasteiger partial charge in [-0.25, -0.2) is 4.98 Å². The van der Waals surface area contributed by atoms with E-state index in [1.807, 2.05) is 41.8 Å². The highest BCUT2D eigenvalue weighted by Crippen LogP contribution is 2.28. The zero-order valence-corrected chi connectivity index (χ0v) is 17.3. The molecule has 0 saturated carbocycles. The molecule has 0 spiro atoms. The first kappa shape index (κ1) is 19.3. The molecule has 0 fully saturated rings. The Bertz CT molecular complexity index is 1170. The molecule has 0 unspecified atom stereocenters. The molecule has 1 N–H and O–H groups in total. The van der Waals surface area contributed by atoms with Crippen LogP contribution in [-0.4, -0.2) is 36.4 Å². The average Bonchev–Trinajstić information content (AvgIpc) is 3.32. The molecule has 3 aromatic heterocycles. The molecule has 0 aliphatic heterocycles. The topological polar surface area (TPSA) is 85.6 Å². The number of hydrogen-bond acceptors (Lipinski definition) is 7. The normalized spacial score (nSPS) is 10.9. The van der Waals surface area contributed by atoms with E-state index in [2.05, 4.69) is 32.1 Å². The van der Waals surface area contributed by atoms with Crippen LogP contribution in [0.1, 0.15) is 5.56 Å². The second kappa shape index (κ2) is 8.54. The van der Waals surface area contributed by atoms with E-state index in [0.29, 0.717) is 22.7 Å². The third kappa shape index (κ3) is 4.20. The van der Waals surface area contributed by atoms with Crippen LogP contribution in [0, 0.1) is 6.92 Å². The summed E-state index contributed by atoms with van der Waals surface area (Å²) < 4.78 is 2.98. The Hall–Kier alpha value is -3.04. The minimum Gasteiger partial charge on any atom is -0.301 e. The number of carbonyl (C=O) groups is 1. The first-order valence-corrected chi connectivity index (χ1v) is 10.7. The Morgan fingerprint density at radius 2 is 2.21 bits per heavy atom. The summed E-state index contributed by atoms with van der Waals surface area (Å²) in [7, 11) is 0. The maximum absolute atomic E-state index is 12.4. The monoisotopic (exact) mass is 422 g/mol. The summed E-state index contributed by atoms with van der Waals surface area (Å²) in [5.74, 6) is 0.766. The molecule has 1 aromatic carbocycles. The van der Waals surface area contributed by atoms with Crippen LogP contribution >= 0.6 is 23.1 Å². The number of amides is 1. The third-order valence-electron chi connectivity index (χ3n) is 4.15. The maximum Gasteiger partial charge on any atom is 0.236 e. The van der Waals surface area contributed by atoms with Crippen molar-refractivity contribution < 1.29 is 4.79 Å². The third-order valence-corrected chi connectivity index (χ3v) is 6.05. The van der Waals surface area contributed by atoms with Gasteiger partial charge in [0.25, 0.3) is 0 Å². The minimum atomic E-state index is -0.136. The summed E-state index contributed by atoms with van der Waals surface area (Å²) in [6.07, 6.45) is 5.22. The Balaban J connectivity index is 1.46. The van der Waals surface area contributed by atoms with E-state index < -0.39 is 0 Å². The van der Waals surface area contributed by atoms with Gasteiger partial charge in [0, 0.05) is 24.5 Å². The number of anilines is 1. The lowest BCUT2D eigenvalue weighted by atomic mass is 10.2. The fraction of sp³-hybridized carbons (Fsp3) is 0.150. The lowest BCUT2D eigenvalue weighted by Gasteiger charge is -2.07. The highest BCUT2D eigenvalue weighted by atomic mass is 32.2. The lowest BCUT2D eigenvalue weighted by Crippen LogP contribution is -2.14. The minimum absolute atomic E-state index is 0.136. The summed E-state index contributed by atoms with van der Waals surface area (Å²) in [5.41, 5.74) is 2.88. The molecule has 29 heavy (non-hydrogen) atoms. The summed E-state index contributed by atoms with van der Waals surface area (Å²) >= 11 is 2.79. The van der Waals surface area contributed by atoms with Gasteiger partial charge in [0.05, 0.1) is 16.0 Å². The number of para-hydroxylation sites is 1. The zero-order chi connectivity index (χ0) is 20.2. The number of thiazole rings is 1. The largest absolute Gasteiger partial charge is 0.301 e. The van der Waals surface area contributed by atoms with Crippen molar-refractivity contribution in [1.82, 2.24) is 24.7 Å². The molecule has 7 nitrogen and oxygen atoms in total. The van der Waals surface area contributed by atoms with Gasteiger partial charge >= 0.3 is 0 Å². The van der Waals surface area contributed by atoms with E-state index >= 15 is 0 Å². The number of carbonyl (C=O) groups excluding carboxylic acids is 1. The number of pyridine rings is 1. The lowest BCUT2D eigenvalue weighted by molar-refractivity contribution is -0.113. The number of nitrogens with zero attached hydrogens (tertiary/aromatic N) is 5. The predicted octanol–water partition coefficient (Wildman–Crippen LogP) is 4.18. The second-order valence-electron chi connectivity index (χ2n) is 6.22. The van der Waals surface area contributed by atoms with Crippen LogP contribution in [0.5, 0.6) is 0 Å². The summed E-state index contributed by atoms with van der Waals surface area (Å²) in [4.78, 5) is 21.1. The molecule has 3 heterocycles. The zero-order valence-electron chi connectivity index (χ0n) is 15.7. The van der Waals surface area contributed by atoms with Crippen molar-refractivity contribution in [2.24, 2.45) is 0 Å². The number of allylic oxidation sites excluding steroid dienone is 1. The van der Waals surface area contributed by atoms with Crippen molar-refractivity contribution in [3.8, 4) is 11.4 Å². The van der Waals surface area contributed by atoms with E-state index in [-0.39, 0.29) is 11.7 Å². The van der Waals surface area contributed by atoms with Crippen LogP contribution in [0.2, 0.25) is 0 Å². The van der Waals surface area contributed by atoms with E-state index in [1.54, 1.807) is 18.5 Å². The summed E-state index contributed by atoms with van der Waals surface area (Å²) in [6, 6.07) is 9.77. The highest BCUT2D eigenvalue weighted by Gasteiger charge is 2.16. The molecule has 0 saturated heterocycles. The standard InChI is InChI=1S/C20H18N6OS2/c1-3-10-26-18(14-7-5-9-21-11-14)24-25-20(26)28-12-16(27)22-19-23-17-13(2)6-4-8-15(17)29-19/h3-9,11H,1,10,12H2,2H3,(H,22,23,27). The van der Waals surface area contributed by atoms with E-state index in [4.69, 9.17) is 0 Å². The van der Waals surface area contributed by atoms with Gasteiger partial charge in [0.15, 0.2) is 16.1 Å². The van der Waals surface area contributed by atoms with Crippen LogP contribution in [-0.2, 0) is 11.3 Å². The van der Waals surface area contributed by atoms with Gasteiger partial charge in [0.1, 0.15) is 0 Å². The van der Waals surface area contributed by atoms with Crippen molar-refractivity contribution in [2.45, 2.75) is 18.6 Å². The van der Waals surface area contributed by atoms with Crippen LogP contribution in [0.15, 0.2) is 60.5 Å². The fourth-order valence-corrected chi connectivity index (χ4v) is 4.53. The fourth-order valence-electron chi connectivity index (χ4n) is 2.82. The Labute approximate surface area is 175 Å². The van der Waals surface area contributed by atoms with E-state index in [9.17, 15) is 4.79 Å². The van der Waals surface area contributed by atoms with Crippen molar-refractivity contribution in [1.29, 1.82) is 0 Å². The quantitative estimate of drug-likeness (QED) is 0.355. The summed E-state index contributed by atoms with van der Waals surface area (Å²) in [5, 5.41) is 12.6. The molecule has 4 aromatic rings. The molecule has 9 heteroatoms. The van der Waals surface area contributed by atoms with Gasteiger partial charge < -0.3 is 5.32 Å². The van der Waals surface area contributed by atoms with Crippen molar-refractivity contribution in [3.05, 3.63) is 60.9 Å². The van der Waals surface area contributed by atoms with E-state index in [1.165, 1.54) is 23.1 Å². The molecule has 0 bridgehead atoms. The first-order chi connectivity index (χ1) is 14.2. The number of aromatic nitrogens is 5.